The van der Waals surface area contributed by atoms with Crippen molar-refractivity contribution in [2.45, 2.75) is 52.1 Å². The van der Waals surface area contributed by atoms with Crippen molar-refractivity contribution in [3.05, 3.63) is 42.5 Å². The van der Waals surface area contributed by atoms with Crippen LogP contribution in [0.5, 0.6) is 5.75 Å². The molecule has 6 nitrogen and oxygen atoms in total. The first kappa shape index (κ1) is 25.3. The Kier molecular flexibility index (Phi) is 12.4. The van der Waals surface area contributed by atoms with Crippen molar-refractivity contribution in [3.63, 3.8) is 0 Å². The number of hydrogen-bond donors (Lipinski definition) is 2. The number of aliphatic imine (C=N–C) groups is 1. The fourth-order valence-corrected chi connectivity index (χ4v) is 3.42. The lowest BCUT2D eigenvalue weighted by Gasteiger charge is -2.27. The first-order chi connectivity index (χ1) is 13.7. The number of carbonyl (C=O) groups excluding carboxylic acids is 1. The largest absolute Gasteiger partial charge is 0.489 e. The van der Waals surface area contributed by atoms with Gasteiger partial charge in [0.1, 0.15) is 12.4 Å². The smallest absolute Gasteiger partial charge is 0.222 e. The van der Waals surface area contributed by atoms with Crippen LogP contribution in [0.4, 0.5) is 0 Å². The van der Waals surface area contributed by atoms with Gasteiger partial charge in [0.05, 0.1) is 6.54 Å². The molecule has 1 unspecified atom stereocenters. The average molecular weight is 514 g/mol. The number of likely N-dealkylation sites (tertiary alicyclic amines) is 1. The zero-order valence-corrected chi connectivity index (χ0v) is 20.0. The quantitative estimate of drug-likeness (QED) is 0.205. The van der Waals surface area contributed by atoms with E-state index in [0.717, 1.165) is 56.2 Å². The monoisotopic (exact) mass is 514 g/mol. The van der Waals surface area contributed by atoms with Gasteiger partial charge in [-0.15, -0.1) is 24.0 Å². The molecule has 2 rings (SSSR count). The molecule has 0 radical (unpaired) electrons. The minimum absolute atomic E-state index is 0. The Morgan fingerprint density at radius 3 is 2.79 bits per heavy atom. The average Bonchev–Trinajstić information content (AvgIpc) is 3.14. The molecule has 1 aromatic carbocycles. The number of halogens is 1. The SMILES string of the molecule is C=CCOc1ccccc1CN=C(NCC)NCCC(CC)N1CCCC1=O.I. The van der Waals surface area contributed by atoms with Crippen LogP contribution < -0.4 is 15.4 Å². The first-order valence-corrected chi connectivity index (χ1v) is 10.3. The number of para-hydroxylation sites is 1. The highest BCUT2D eigenvalue weighted by Crippen LogP contribution is 2.19. The lowest BCUT2D eigenvalue weighted by atomic mass is 10.1. The highest BCUT2D eigenvalue weighted by Gasteiger charge is 2.26. The summed E-state index contributed by atoms with van der Waals surface area (Å²) in [4.78, 5) is 18.7. The number of carbonyl (C=O) groups is 1. The topological polar surface area (TPSA) is 66.0 Å². The summed E-state index contributed by atoms with van der Waals surface area (Å²) in [5, 5.41) is 6.69. The van der Waals surface area contributed by atoms with E-state index in [1.165, 1.54) is 0 Å². The first-order valence-electron chi connectivity index (χ1n) is 10.3. The van der Waals surface area contributed by atoms with Crippen LogP contribution in [-0.4, -0.2) is 49.0 Å². The molecule has 1 aliphatic rings. The highest BCUT2D eigenvalue weighted by atomic mass is 127. The Morgan fingerprint density at radius 1 is 1.34 bits per heavy atom. The van der Waals surface area contributed by atoms with Crippen molar-refractivity contribution in [2.24, 2.45) is 4.99 Å². The van der Waals surface area contributed by atoms with Crippen molar-refractivity contribution < 1.29 is 9.53 Å². The molecule has 1 saturated heterocycles. The van der Waals surface area contributed by atoms with Gasteiger partial charge >= 0.3 is 0 Å². The summed E-state index contributed by atoms with van der Waals surface area (Å²) < 4.78 is 5.71. The van der Waals surface area contributed by atoms with E-state index in [0.29, 0.717) is 31.5 Å². The van der Waals surface area contributed by atoms with Gasteiger partial charge in [0, 0.05) is 37.7 Å². The fraction of sp³-hybridized carbons (Fsp3) is 0.545. The third-order valence-corrected chi connectivity index (χ3v) is 4.87. The highest BCUT2D eigenvalue weighted by molar-refractivity contribution is 14.0. The standard InChI is InChI=1S/C22H34N4O2.HI/c1-4-16-28-20-11-8-7-10-18(20)17-25-22(23-6-3)24-14-13-19(5-2)26-15-9-12-21(26)27;/h4,7-8,10-11,19H,1,5-6,9,12-17H2,2-3H3,(H2,23,24,25);1H. The van der Waals surface area contributed by atoms with E-state index < -0.39 is 0 Å². The predicted octanol–water partition coefficient (Wildman–Crippen LogP) is 3.72. The van der Waals surface area contributed by atoms with E-state index in [2.05, 4.69) is 31.1 Å². The van der Waals surface area contributed by atoms with Crippen molar-refractivity contribution in [2.75, 3.05) is 26.2 Å². The molecule has 1 aromatic rings. The summed E-state index contributed by atoms with van der Waals surface area (Å²) in [5.74, 6) is 1.91. The summed E-state index contributed by atoms with van der Waals surface area (Å²) in [6.45, 7) is 11.4. The number of hydrogen-bond acceptors (Lipinski definition) is 3. The van der Waals surface area contributed by atoms with Gasteiger partial charge in [-0.25, -0.2) is 4.99 Å². The second-order valence-corrected chi connectivity index (χ2v) is 6.87. The van der Waals surface area contributed by atoms with Crippen molar-refractivity contribution in [1.29, 1.82) is 0 Å². The van der Waals surface area contributed by atoms with Gasteiger partial charge in [-0.05, 0) is 32.3 Å². The normalized spacial score (nSPS) is 14.9. The number of amides is 1. The summed E-state index contributed by atoms with van der Waals surface area (Å²) in [6, 6.07) is 8.23. The third-order valence-electron chi connectivity index (χ3n) is 4.87. The lowest BCUT2D eigenvalue weighted by molar-refractivity contribution is -0.129. The molecule has 0 spiro atoms. The van der Waals surface area contributed by atoms with Crippen LogP contribution in [0.3, 0.4) is 0 Å². The molecule has 1 atom stereocenters. The summed E-state index contributed by atoms with van der Waals surface area (Å²) in [6.07, 6.45) is 5.32. The number of nitrogens with zero attached hydrogens (tertiary/aromatic N) is 2. The molecule has 2 N–H and O–H groups in total. The summed E-state index contributed by atoms with van der Waals surface area (Å²) in [7, 11) is 0. The predicted molar refractivity (Wildman–Crippen MR) is 130 cm³/mol. The molecule has 0 aromatic heterocycles. The van der Waals surface area contributed by atoms with E-state index in [1.807, 2.05) is 29.2 Å². The Balaban J connectivity index is 0.00000420. The zero-order valence-electron chi connectivity index (χ0n) is 17.7. The van der Waals surface area contributed by atoms with E-state index in [1.54, 1.807) is 6.08 Å². The van der Waals surface area contributed by atoms with Gasteiger partial charge in [-0.1, -0.05) is 37.8 Å². The van der Waals surface area contributed by atoms with Crippen LogP contribution in [0.2, 0.25) is 0 Å². The third kappa shape index (κ3) is 8.24. The van der Waals surface area contributed by atoms with Gasteiger partial charge in [0.15, 0.2) is 5.96 Å². The van der Waals surface area contributed by atoms with Gasteiger partial charge in [0.2, 0.25) is 5.91 Å². The van der Waals surface area contributed by atoms with Crippen LogP contribution in [0.15, 0.2) is 41.9 Å². The number of ether oxygens (including phenoxy) is 1. The number of nitrogens with one attached hydrogen (secondary N) is 2. The second kappa shape index (κ2) is 14.3. The van der Waals surface area contributed by atoms with Crippen LogP contribution >= 0.6 is 24.0 Å². The van der Waals surface area contributed by atoms with E-state index in [4.69, 9.17) is 9.73 Å². The Bertz CT molecular complexity index is 666. The van der Waals surface area contributed by atoms with E-state index in [-0.39, 0.29) is 24.0 Å². The fourth-order valence-electron chi connectivity index (χ4n) is 3.42. The molecule has 1 amide bonds. The van der Waals surface area contributed by atoms with Gasteiger partial charge in [0.25, 0.3) is 0 Å². The van der Waals surface area contributed by atoms with Gasteiger partial charge in [-0.3, -0.25) is 4.79 Å². The van der Waals surface area contributed by atoms with Crippen LogP contribution in [0.1, 0.15) is 45.1 Å². The molecule has 1 fully saturated rings. The van der Waals surface area contributed by atoms with Crippen molar-refractivity contribution >= 4 is 35.8 Å². The second-order valence-electron chi connectivity index (χ2n) is 6.87. The Hall–Kier alpha value is -1.77. The van der Waals surface area contributed by atoms with E-state index in [9.17, 15) is 4.79 Å². The molecular formula is C22H35IN4O2. The molecule has 7 heteroatoms. The molecule has 1 heterocycles. The number of rotatable bonds is 11. The van der Waals surface area contributed by atoms with Crippen LogP contribution in [0, 0.1) is 0 Å². The Morgan fingerprint density at radius 2 is 2.14 bits per heavy atom. The molecule has 29 heavy (non-hydrogen) atoms. The minimum atomic E-state index is 0. The number of benzene rings is 1. The summed E-state index contributed by atoms with van der Waals surface area (Å²) >= 11 is 0. The Labute approximate surface area is 192 Å². The van der Waals surface area contributed by atoms with Crippen molar-refractivity contribution in [1.82, 2.24) is 15.5 Å². The van der Waals surface area contributed by atoms with Gasteiger partial charge < -0.3 is 20.3 Å². The molecule has 0 aliphatic carbocycles. The maximum absolute atomic E-state index is 12.0. The molecule has 1 aliphatic heterocycles. The molecular weight excluding hydrogens is 479 g/mol. The lowest BCUT2D eigenvalue weighted by Crippen LogP contribution is -2.42. The van der Waals surface area contributed by atoms with Crippen molar-refractivity contribution in [3.8, 4) is 5.75 Å². The van der Waals surface area contributed by atoms with Gasteiger partial charge in [-0.2, -0.15) is 0 Å². The molecule has 0 bridgehead atoms. The maximum atomic E-state index is 12.0. The van der Waals surface area contributed by atoms with E-state index >= 15 is 0 Å². The maximum Gasteiger partial charge on any atom is 0.222 e. The number of guanidine groups is 1. The zero-order chi connectivity index (χ0) is 20.2. The van der Waals surface area contributed by atoms with Crippen LogP contribution in [-0.2, 0) is 11.3 Å². The minimum Gasteiger partial charge on any atom is -0.489 e. The molecule has 162 valence electrons. The van der Waals surface area contributed by atoms with Crippen LogP contribution in [0.25, 0.3) is 0 Å². The molecule has 0 saturated carbocycles. The summed E-state index contributed by atoms with van der Waals surface area (Å²) in [5.41, 5.74) is 1.04.